The molecular formula is C57H28F6N8. The van der Waals surface area contributed by atoms with E-state index in [2.05, 4.69) is 24.3 Å². The highest BCUT2D eigenvalue weighted by Gasteiger charge is 2.37. The van der Waals surface area contributed by atoms with Gasteiger partial charge < -0.3 is 4.57 Å². The minimum Gasteiger partial charge on any atom is -0.308 e. The first-order valence-corrected chi connectivity index (χ1v) is 21.5. The molecule has 10 aromatic rings. The minimum absolute atomic E-state index is 0.0129. The molecule has 2 aromatic heterocycles. The molecule has 0 unspecified atom stereocenters. The summed E-state index contributed by atoms with van der Waals surface area (Å²) in [6.45, 7) is 0. The van der Waals surface area contributed by atoms with E-state index >= 15 is 0 Å². The summed E-state index contributed by atoms with van der Waals surface area (Å²) in [5.74, 6) is 0.722. The molecule has 0 saturated heterocycles. The third kappa shape index (κ3) is 8.66. The fourth-order valence-corrected chi connectivity index (χ4v) is 8.62. The van der Waals surface area contributed by atoms with Gasteiger partial charge in [0.2, 0.25) is 0 Å². The first-order chi connectivity index (χ1) is 34.2. The number of halogens is 6. The summed E-state index contributed by atoms with van der Waals surface area (Å²) in [5, 5.41) is 40.6. The van der Waals surface area contributed by atoms with Crippen LogP contribution in [0.4, 0.5) is 26.3 Å². The normalized spacial score (nSPS) is 11.5. The summed E-state index contributed by atoms with van der Waals surface area (Å²) in [5.41, 5.74) is 2.99. The summed E-state index contributed by atoms with van der Waals surface area (Å²) in [6.07, 6.45) is -10.2. The fraction of sp³-hybridized carbons (Fsp3) is 0.0351. The lowest BCUT2D eigenvalue weighted by atomic mass is 9.97. The van der Waals surface area contributed by atoms with Crippen LogP contribution in [0.2, 0.25) is 0 Å². The van der Waals surface area contributed by atoms with Gasteiger partial charge in [-0.25, -0.2) is 15.0 Å². The van der Waals surface area contributed by atoms with Crippen LogP contribution in [0, 0.1) is 45.3 Å². The molecule has 0 aliphatic rings. The Morgan fingerprint density at radius 1 is 0.352 bits per heavy atom. The Morgan fingerprint density at radius 2 is 0.732 bits per heavy atom. The standard InChI is InChI=1S/C57H28F6N8/c58-56(59,60)45-23-44(24-46(28-45)57(61,62)63)41-11-14-47(55-69-53(37-7-3-1-4-8-37)68-54(70-55)38-9-5-2-6-10-38)52(27-41)71-50-15-12-39(42-19-33(29-64)17-34(20-42)30-65)25-48(50)49-26-40(13-16-51(49)71)43-21-35(31-66)18-36(22-43)32-67/h1-28H. The minimum atomic E-state index is -5.12. The molecule has 0 fully saturated rings. The highest BCUT2D eigenvalue weighted by Crippen LogP contribution is 2.43. The van der Waals surface area contributed by atoms with Crippen LogP contribution < -0.4 is 0 Å². The number of nitriles is 4. The second-order valence-corrected chi connectivity index (χ2v) is 16.4. The van der Waals surface area contributed by atoms with E-state index in [1.807, 2.05) is 77.4 Å². The number of nitrogens with zero attached hydrogens (tertiary/aromatic N) is 8. The van der Waals surface area contributed by atoms with Crippen molar-refractivity contribution in [1.82, 2.24) is 19.5 Å². The smallest absolute Gasteiger partial charge is 0.308 e. The second kappa shape index (κ2) is 17.6. The van der Waals surface area contributed by atoms with Crippen molar-refractivity contribution in [3.63, 3.8) is 0 Å². The van der Waals surface area contributed by atoms with Crippen LogP contribution in [0.25, 0.3) is 95.0 Å². The molecule has 0 amide bonds. The van der Waals surface area contributed by atoms with E-state index in [-0.39, 0.29) is 51.0 Å². The van der Waals surface area contributed by atoms with Crippen LogP contribution in [0.5, 0.6) is 0 Å². The molecular weight excluding hydrogens is 911 g/mol. The van der Waals surface area contributed by atoms with E-state index < -0.39 is 23.5 Å². The molecule has 0 radical (unpaired) electrons. The summed E-state index contributed by atoms with van der Waals surface area (Å²) < 4.78 is 88.0. The highest BCUT2D eigenvalue weighted by atomic mass is 19.4. The molecule has 10 rings (SSSR count). The van der Waals surface area contributed by atoms with Gasteiger partial charge in [0, 0.05) is 27.5 Å². The number of aromatic nitrogens is 4. The lowest BCUT2D eigenvalue weighted by Crippen LogP contribution is -2.11. The molecule has 0 bridgehead atoms. The molecule has 2 heterocycles. The Kier molecular flexibility index (Phi) is 11.2. The van der Waals surface area contributed by atoms with E-state index in [1.54, 1.807) is 54.6 Å². The zero-order chi connectivity index (χ0) is 49.6. The zero-order valence-electron chi connectivity index (χ0n) is 36.5. The largest absolute Gasteiger partial charge is 0.416 e. The van der Waals surface area contributed by atoms with Crippen LogP contribution in [-0.4, -0.2) is 19.5 Å². The van der Waals surface area contributed by atoms with E-state index in [0.29, 0.717) is 84.5 Å². The third-order valence-corrected chi connectivity index (χ3v) is 11.9. The van der Waals surface area contributed by atoms with E-state index in [0.717, 1.165) is 0 Å². The lowest BCUT2D eigenvalue weighted by Gasteiger charge is -2.18. The van der Waals surface area contributed by atoms with Crippen molar-refractivity contribution in [1.29, 1.82) is 21.0 Å². The van der Waals surface area contributed by atoms with Crippen LogP contribution in [0.1, 0.15) is 33.4 Å². The summed E-state index contributed by atoms with van der Waals surface area (Å²) in [6, 6.07) is 52.9. The Labute approximate surface area is 400 Å². The number of benzene rings is 8. The Bertz CT molecular complexity index is 3680. The zero-order valence-corrected chi connectivity index (χ0v) is 36.5. The monoisotopic (exact) mass is 938 g/mol. The Hall–Kier alpha value is -9.89. The molecule has 71 heavy (non-hydrogen) atoms. The van der Waals surface area contributed by atoms with Crippen LogP contribution in [-0.2, 0) is 12.4 Å². The van der Waals surface area contributed by atoms with Crippen molar-refractivity contribution in [2.45, 2.75) is 12.4 Å². The number of fused-ring (bicyclic) bond motifs is 3. The number of rotatable bonds is 7. The van der Waals surface area contributed by atoms with Gasteiger partial charge in [0.05, 0.1) is 74.4 Å². The topological polar surface area (TPSA) is 139 Å². The van der Waals surface area contributed by atoms with Crippen molar-refractivity contribution in [3.8, 4) is 97.5 Å². The van der Waals surface area contributed by atoms with E-state index in [4.69, 9.17) is 15.0 Å². The van der Waals surface area contributed by atoms with Gasteiger partial charge >= 0.3 is 12.4 Å². The molecule has 338 valence electrons. The number of hydrogen-bond acceptors (Lipinski definition) is 7. The van der Waals surface area contributed by atoms with Gasteiger partial charge in [-0.3, -0.25) is 0 Å². The molecule has 0 atom stereocenters. The first-order valence-electron chi connectivity index (χ1n) is 21.5. The third-order valence-electron chi connectivity index (χ3n) is 11.9. The predicted octanol–water partition coefficient (Wildman–Crippen LogP) is 14.5. The quantitative estimate of drug-likeness (QED) is 0.145. The molecule has 0 saturated carbocycles. The second-order valence-electron chi connectivity index (χ2n) is 16.4. The van der Waals surface area contributed by atoms with Gasteiger partial charge in [0.25, 0.3) is 0 Å². The fourth-order valence-electron chi connectivity index (χ4n) is 8.62. The van der Waals surface area contributed by atoms with Gasteiger partial charge in [-0.1, -0.05) is 78.9 Å². The summed E-state index contributed by atoms with van der Waals surface area (Å²) in [4.78, 5) is 14.7. The van der Waals surface area contributed by atoms with Gasteiger partial charge in [0.1, 0.15) is 0 Å². The van der Waals surface area contributed by atoms with Gasteiger partial charge in [-0.05, 0) is 124 Å². The molecule has 0 N–H and O–H groups in total. The summed E-state index contributed by atoms with van der Waals surface area (Å²) >= 11 is 0. The average Bonchev–Trinajstić information content (AvgIpc) is 3.72. The van der Waals surface area contributed by atoms with Crippen molar-refractivity contribution in [2.24, 2.45) is 0 Å². The van der Waals surface area contributed by atoms with E-state index in [1.165, 1.54) is 24.3 Å². The maximum absolute atomic E-state index is 14.4. The molecule has 8 nitrogen and oxygen atoms in total. The maximum Gasteiger partial charge on any atom is 0.416 e. The summed E-state index contributed by atoms with van der Waals surface area (Å²) in [7, 11) is 0. The number of alkyl halides is 6. The lowest BCUT2D eigenvalue weighted by molar-refractivity contribution is -0.143. The van der Waals surface area contributed by atoms with Gasteiger partial charge in [0.15, 0.2) is 17.5 Å². The highest BCUT2D eigenvalue weighted by molar-refractivity contribution is 6.12. The molecule has 8 aromatic carbocycles. The Morgan fingerprint density at radius 3 is 1.14 bits per heavy atom. The average molecular weight is 939 g/mol. The van der Waals surface area contributed by atoms with Crippen LogP contribution in [0.15, 0.2) is 170 Å². The molecule has 0 aliphatic heterocycles. The van der Waals surface area contributed by atoms with Crippen molar-refractivity contribution < 1.29 is 26.3 Å². The predicted molar refractivity (Wildman–Crippen MR) is 256 cm³/mol. The van der Waals surface area contributed by atoms with Crippen LogP contribution >= 0.6 is 0 Å². The van der Waals surface area contributed by atoms with Crippen LogP contribution in [0.3, 0.4) is 0 Å². The van der Waals surface area contributed by atoms with Crippen molar-refractivity contribution in [2.75, 3.05) is 0 Å². The van der Waals surface area contributed by atoms with Crippen molar-refractivity contribution in [3.05, 3.63) is 203 Å². The van der Waals surface area contributed by atoms with Gasteiger partial charge in [-0.15, -0.1) is 0 Å². The Balaban J connectivity index is 1.32. The molecule has 0 aliphatic carbocycles. The van der Waals surface area contributed by atoms with E-state index in [9.17, 15) is 47.4 Å². The van der Waals surface area contributed by atoms with Gasteiger partial charge in [-0.2, -0.15) is 47.4 Å². The SMILES string of the molecule is N#Cc1cc(C#N)cc(-c2ccc3c(c2)c2cc(-c4cc(C#N)cc(C#N)c4)ccc2n3-c2cc(-c3cc(C(F)(F)F)cc(C(F)(F)F)c3)ccc2-c2nc(-c3ccccc3)nc(-c3ccccc3)n2)c1. The molecule has 14 heteroatoms. The van der Waals surface area contributed by atoms with Crippen molar-refractivity contribution >= 4 is 21.8 Å². The first kappa shape index (κ1) is 44.9. The number of hydrogen-bond donors (Lipinski definition) is 0. The maximum atomic E-state index is 14.4. The molecule has 0 spiro atoms.